The van der Waals surface area contributed by atoms with Crippen LogP contribution < -0.4 is 5.32 Å². The minimum absolute atomic E-state index is 1.03. The fraction of sp³-hybridized carbons (Fsp3) is 0.643. The first-order valence-corrected chi connectivity index (χ1v) is 6.58. The third kappa shape index (κ3) is 3.19. The van der Waals surface area contributed by atoms with Crippen LogP contribution in [0.15, 0.2) is 6.07 Å². The predicted molar refractivity (Wildman–Crippen MR) is 72.6 cm³/mol. The largest absolute Gasteiger partial charge is 0.383 e. The normalized spacial score (nSPS) is 16.4. The van der Waals surface area contributed by atoms with Crippen LogP contribution in [0.25, 0.3) is 0 Å². The fourth-order valence-electron chi connectivity index (χ4n) is 2.43. The smallest absolute Gasteiger partial charge is 0.0425 e. The number of anilines is 1. The number of aromatic nitrogens is 1. The van der Waals surface area contributed by atoms with Crippen molar-refractivity contribution in [1.82, 2.24) is 9.88 Å². The Morgan fingerprint density at radius 2 is 1.94 bits per heavy atom. The molecule has 0 aliphatic carbocycles. The molecule has 0 saturated carbocycles. The van der Waals surface area contributed by atoms with Crippen molar-refractivity contribution < 1.29 is 0 Å². The van der Waals surface area contributed by atoms with Gasteiger partial charge in [-0.15, -0.1) is 0 Å². The summed E-state index contributed by atoms with van der Waals surface area (Å²) in [6.45, 7) is 11.0. The SMILES string of the molecule is Cc1cc(NCCN2CCCC2)c(C)c(C)n1. The molecule has 1 aromatic heterocycles. The fourth-order valence-corrected chi connectivity index (χ4v) is 2.43. The van der Waals surface area contributed by atoms with Crippen molar-refractivity contribution in [3.63, 3.8) is 0 Å². The first kappa shape index (κ1) is 12.4. The Bertz CT molecular complexity index is 381. The zero-order chi connectivity index (χ0) is 12.3. The highest BCUT2D eigenvalue weighted by molar-refractivity contribution is 5.52. The van der Waals surface area contributed by atoms with Gasteiger partial charge in [-0.05, 0) is 58.3 Å². The van der Waals surface area contributed by atoms with Gasteiger partial charge in [0.05, 0.1) is 0 Å². The van der Waals surface area contributed by atoms with E-state index in [-0.39, 0.29) is 0 Å². The number of pyridine rings is 1. The van der Waals surface area contributed by atoms with Crippen LogP contribution in [-0.4, -0.2) is 36.1 Å². The number of nitrogens with zero attached hydrogens (tertiary/aromatic N) is 2. The lowest BCUT2D eigenvalue weighted by molar-refractivity contribution is 0.352. The highest BCUT2D eigenvalue weighted by Crippen LogP contribution is 2.18. The van der Waals surface area contributed by atoms with Crippen molar-refractivity contribution in [3.05, 3.63) is 23.0 Å². The maximum absolute atomic E-state index is 4.47. The first-order valence-electron chi connectivity index (χ1n) is 6.58. The van der Waals surface area contributed by atoms with E-state index in [9.17, 15) is 0 Å². The number of hydrogen-bond donors (Lipinski definition) is 1. The lowest BCUT2D eigenvalue weighted by Crippen LogP contribution is -2.26. The summed E-state index contributed by atoms with van der Waals surface area (Å²) >= 11 is 0. The molecule has 0 spiro atoms. The second kappa shape index (κ2) is 5.50. The molecule has 17 heavy (non-hydrogen) atoms. The summed E-state index contributed by atoms with van der Waals surface area (Å²) in [6, 6.07) is 2.15. The number of hydrogen-bond acceptors (Lipinski definition) is 3. The third-order valence-corrected chi connectivity index (χ3v) is 3.59. The number of likely N-dealkylation sites (tertiary alicyclic amines) is 1. The molecule has 1 N–H and O–H groups in total. The van der Waals surface area contributed by atoms with Crippen LogP contribution in [0, 0.1) is 20.8 Å². The van der Waals surface area contributed by atoms with Crippen molar-refractivity contribution in [1.29, 1.82) is 0 Å². The summed E-state index contributed by atoms with van der Waals surface area (Å²) in [7, 11) is 0. The second-order valence-corrected chi connectivity index (χ2v) is 5.00. The summed E-state index contributed by atoms with van der Waals surface area (Å²) in [4.78, 5) is 7.00. The molecule has 2 rings (SSSR count). The zero-order valence-electron chi connectivity index (χ0n) is 11.2. The van der Waals surface area contributed by atoms with Crippen LogP contribution in [0.5, 0.6) is 0 Å². The Morgan fingerprint density at radius 1 is 1.24 bits per heavy atom. The molecule has 0 aromatic carbocycles. The Hall–Kier alpha value is -1.09. The molecule has 1 aromatic rings. The predicted octanol–water partition coefficient (Wildman–Crippen LogP) is 2.51. The molecule has 3 nitrogen and oxygen atoms in total. The van der Waals surface area contributed by atoms with Gasteiger partial charge in [-0.3, -0.25) is 4.98 Å². The zero-order valence-corrected chi connectivity index (χ0v) is 11.2. The molecule has 0 amide bonds. The Balaban J connectivity index is 1.89. The van der Waals surface area contributed by atoms with E-state index in [4.69, 9.17) is 0 Å². The van der Waals surface area contributed by atoms with Gasteiger partial charge in [-0.25, -0.2) is 0 Å². The molecule has 0 atom stereocenters. The Morgan fingerprint density at radius 3 is 2.65 bits per heavy atom. The molecule has 2 heterocycles. The Kier molecular flexibility index (Phi) is 4.00. The second-order valence-electron chi connectivity index (χ2n) is 5.00. The molecule has 94 valence electrons. The van der Waals surface area contributed by atoms with Crippen molar-refractivity contribution in [2.45, 2.75) is 33.6 Å². The molecule has 0 radical (unpaired) electrons. The number of rotatable bonds is 4. The van der Waals surface area contributed by atoms with Crippen molar-refractivity contribution in [2.75, 3.05) is 31.5 Å². The molecule has 1 aliphatic heterocycles. The minimum Gasteiger partial charge on any atom is -0.383 e. The average molecular weight is 233 g/mol. The van der Waals surface area contributed by atoms with E-state index in [0.29, 0.717) is 0 Å². The third-order valence-electron chi connectivity index (χ3n) is 3.59. The first-order chi connectivity index (χ1) is 8.16. The van der Waals surface area contributed by atoms with E-state index in [1.165, 1.54) is 37.2 Å². The maximum atomic E-state index is 4.47. The van der Waals surface area contributed by atoms with Gasteiger partial charge >= 0.3 is 0 Å². The summed E-state index contributed by atoms with van der Waals surface area (Å²) in [5.74, 6) is 0. The van der Waals surface area contributed by atoms with Gasteiger partial charge in [0.15, 0.2) is 0 Å². The van der Waals surface area contributed by atoms with Gasteiger partial charge in [0.2, 0.25) is 0 Å². The van der Waals surface area contributed by atoms with Crippen molar-refractivity contribution >= 4 is 5.69 Å². The van der Waals surface area contributed by atoms with E-state index >= 15 is 0 Å². The highest BCUT2D eigenvalue weighted by atomic mass is 15.1. The van der Waals surface area contributed by atoms with Gasteiger partial charge in [-0.1, -0.05) is 0 Å². The maximum Gasteiger partial charge on any atom is 0.0425 e. The van der Waals surface area contributed by atoms with Crippen LogP contribution in [-0.2, 0) is 0 Å². The van der Waals surface area contributed by atoms with E-state index in [1.54, 1.807) is 0 Å². The monoisotopic (exact) mass is 233 g/mol. The van der Waals surface area contributed by atoms with Crippen LogP contribution in [0.1, 0.15) is 29.8 Å². The van der Waals surface area contributed by atoms with Gasteiger partial charge < -0.3 is 10.2 Å². The summed E-state index contributed by atoms with van der Waals surface area (Å²) in [5, 5.41) is 3.54. The van der Waals surface area contributed by atoms with Crippen molar-refractivity contribution in [3.8, 4) is 0 Å². The molecule has 1 saturated heterocycles. The van der Waals surface area contributed by atoms with Gasteiger partial charge in [-0.2, -0.15) is 0 Å². The van der Waals surface area contributed by atoms with Crippen LogP contribution >= 0.6 is 0 Å². The van der Waals surface area contributed by atoms with E-state index in [1.807, 2.05) is 0 Å². The van der Waals surface area contributed by atoms with Crippen LogP contribution in [0.4, 0.5) is 5.69 Å². The molecule has 1 aliphatic rings. The molecule has 0 unspecified atom stereocenters. The van der Waals surface area contributed by atoms with Crippen LogP contribution in [0.3, 0.4) is 0 Å². The number of nitrogens with one attached hydrogen (secondary N) is 1. The highest BCUT2D eigenvalue weighted by Gasteiger charge is 2.10. The average Bonchev–Trinajstić information content (AvgIpc) is 2.78. The minimum atomic E-state index is 1.03. The van der Waals surface area contributed by atoms with E-state index in [0.717, 1.165) is 24.5 Å². The molecular weight excluding hydrogens is 210 g/mol. The number of aryl methyl sites for hydroxylation is 2. The van der Waals surface area contributed by atoms with Gasteiger partial charge in [0.25, 0.3) is 0 Å². The molecule has 0 bridgehead atoms. The quantitative estimate of drug-likeness (QED) is 0.866. The summed E-state index contributed by atoms with van der Waals surface area (Å²) < 4.78 is 0. The van der Waals surface area contributed by atoms with E-state index < -0.39 is 0 Å². The molecular formula is C14H23N3. The Labute approximate surface area is 104 Å². The van der Waals surface area contributed by atoms with Gasteiger partial charge in [0, 0.05) is 30.2 Å². The lowest BCUT2D eigenvalue weighted by atomic mass is 10.1. The van der Waals surface area contributed by atoms with Crippen molar-refractivity contribution in [2.24, 2.45) is 0 Å². The van der Waals surface area contributed by atoms with E-state index in [2.05, 4.69) is 42.0 Å². The topological polar surface area (TPSA) is 28.2 Å². The van der Waals surface area contributed by atoms with Gasteiger partial charge in [0.1, 0.15) is 0 Å². The summed E-state index contributed by atoms with van der Waals surface area (Å²) in [5.41, 5.74) is 4.75. The summed E-state index contributed by atoms with van der Waals surface area (Å²) in [6.07, 6.45) is 2.74. The lowest BCUT2D eigenvalue weighted by Gasteiger charge is -2.17. The van der Waals surface area contributed by atoms with Crippen LogP contribution in [0.2, 0.25) is 0 Å². The standard InChI is InChI=1S/C14H23N3/c1-11-10-14(12(2)13(3)16-11)15-6-9-17-7-4-5-8-17/h10H,4-9H2,1-3H3,(H,15,16). The molecule has 3 heteroatoms. The molecule has 1 fully saturated rings.